The number of ether oxygens (including phenoxy) is 1. The van der Waals surface area contributed by atoms with Crippen molar-refractivity contribution in [2.45, 2.75) is 26.3 Å². The third-order valence-corrected chi connectivity index (χ3v) is 3.17. The molecule has 1 aromatic carbocycles. The third kappa shape index (κ3) is 2.71. The molecule has 0 atom stereocenters. The van der Waals surface area contributed by atoms with Crippen LogP contribution in [0.5, 0.6) is 0 Å². The van der Waals surface area contributed by atoms with Crippen molar-refractivity contribution in [2.24, 2.45) is 12.8 Å². The molecule has 0 unspecified atom stereocenters. The predicted octanol–water partition coefficient (Wildman–Crippen LogP) is 2.00. The fourth-order valence-corrected chi connectivity index (χ4v) is 2.12. The van der Waals surface area contributed by atoms with Crippen molar-refractivity contribution < 1.29 is 4.74 Å². The number of aryl methyl sites for hydroxylation is 2. The van der Waals surface area contributed by atoms with Crippen LogP contribution in [0.3, 0.4) is 0 Å². The van der Waals surface area contributed by atoms with Crippen LogP contribution in [0.2, 0.25) is 0 Å². The van der Waals surface area contributed by atoms with Gasteiger partial charge in [0.15, 0.2) is 0 Å². The Hall–Kier alpha value is -1.39. The average molecular weight is 247 g/mol. The largest absolute Gasteiger partial charge is 0.382 e. The van der Waals surface area contributed by atoms with E-state index in [9.17, 15) is 0 Å². The number of nitrogens with two attached hydrogens (primary N) is 1. The molecule has 2 N–H and O–H groups in total. The Bertz CT molecular complexity index is 519. The Morgan fingerprint density at radius 3 is 2.94 bits per heavy atom. The average Bonchev–Trinajstić information content (AvgIpc) is 2.71. The maximum absolute atomic E-state index is 5.65. The standard InChI is InChI=1S/C14H21N3O/c1-3-18-8-4-5-14-16-12-9-11(10-15)6-7-13(12)17(14)2/h6-7,9H,3-5,8,10,15H2,1-2H3. The van der Waals surface area contributed by atoms with Gasteiger partial charge < -0.3 is 15.0 Å². The normalized spacial score (nSPS) is 11.3. The van der Waals surface area contributed by atoms with Gasteiger partial charge in [-0.1, -0.05) is 6.07 Å². The van der Waals surface area contributed by atoms with Gasteiger partial charge in [-0.05, 0) is 31.0 Å². The highest BCUT2D eigenvalue weighted by molar-refractivity contribution is 5.76. The summed E-state index contributed by atoms with van der Waals surface area (Å²) >= 11 is 0. The van der Waals surface area contributed by atoms with Crippen LogP contribution < -0.4 is 5.73 Å². The topological polar surface area (TPSA) is 53.1 Å². The van der Waals surface area contributed by atoms with Gasteiger partial charge in [0.05, 0.1) is 11.0 Å². The van der Waals surface area contributed by atoms with Crippen LogP contribution in [-0.4, -0.2) is 22.8 Å². The maximum Gasteiger partial charge on any atom is 0.109 e. The first-order valence-electron chi connectivity index (χ1n) is 6.48. The second-order valence-electron chi connectivity index (χ2n) is 4.41. The Labute approximate surface area is 108 Å². The molecule has 1 heterocycles. The monoisotopic (exact) mass is 247 g/mol. The van der Waals surface area contributed by atoms with Crippen molar-refractivity contribution in [3.8, 4) is 0 Å². The molecule has 1 aromatic heterocycles. The molecular formula is C14H21N3O. The van der Waals surface area contributed by atoms with Crippen molar-refractivity contribution in [1.29, 1.82) is 0 Å². The van der Waals surface area contributed by atoms with E-state index in [-0.39, 0.29) is 0 Å². The van der Waals surface area contributed by atoms with E-state index in [1.54, 1.807) is 0 Å². The van der Waals surface area contributed by atoms with E-state index >= 15 is 0 Å². The number of hydrogen-bond acceptors (Lipinski definition) is 3. The first-order chi connectivity index (χ1) is 8.76. The fraction of sp³-hybridized carbons (Fsp3) is 0.500. The molecule has 4 heteroatoms. The van der Waals surface area contributed by atoms with Crippen LogP contribution in [0, 0.1) is 0 Å². The van der Waals surface area contributed by atoms with E-state index in [4.69, 9.17) is 10.5 Å². The summed E-state index contributed by atoms with van der Waals surface area (Å²) in [5.74, 6) is 1.11. The molecular weight excluding hydrogens is 226 g/mol. The first-order valence-corrected chi connectivity index (χ1v) is 6.48. The van der Waals surface area contributed by atoms with Crippen LogP contribution in [0.1, 0.15) is 24.7 Å². The third-order valence-electron chi connectivity index (χ3n) is 3.17. The molecule has 4 nitrogen and oxygen atoms in total. The van der Waals surface area contributed by atoms with Gasteiger partial charge in [0.25, 0.3) is 0 Å². The van der Waals surface area contributed by atoms with Gasteiger partial charge in [-0.3, -0.25) is 0 Å². The molecule has 2 aromatic rings. The Morgan fingerprint density at radius 1 is 1.39 bits per heavy atom. The summed E-state index contributed by atoms with van der Waals surface area (Å²) in [6.07, 6.45) is 1.96. The van der Waals surface area contributed by atoms with Crippen LogP contribution >= 0.6 is 0 Å². The smallest absolute Gasteiger partial charge is 0.109 e. The Morgan fingerprint density at radius 2 is 2.22 bits per heavy atom. The summed E-state index contributed by atoms with van der Waals surface area (Å²) in [5, 5.41) is 0. The summed E-state index contributed by atoms with van der Waals surface area (Å²) < 4.78 is 7.51. The molecule has 0 bridgehead atoms. The molecule has 18 heavy (non-hydrogen) atoms. The van der Waals surface area contributed by atoms with Crippen molar-refractivity contribution in [1.82, 2.24) is 9.55 Å². The van der Waals surface area contributed by atoms with Crippen LogP contribution in [0.4, 0.5) is 0 Å². The van der Waals surface area contributed by atoms with E-state index in [1.807, 2.05) is 6.92 Å². The van der Waals surface area contributed by atoms with Gasteiger partial charge in [-0.15, -0.1) is 0 Å². The number of fused-ring (bicyclic) bond motifs is 1. The van der Waals surface area contributed by atoms with Gasteiger partial charge >= 0.3 is 0 Å². The van der Waals surface area contributed by atoms with Gasteiger partial charge in [-0.25, -0.2) is 4.98 Å². The lowest BCUT2D eigenvalue weighted by Gasteiger charge is -2.02. The second-order valence-corrected chi connectivity index (χ2v) is 4.41. The number of imidazole rings is 1. The number of benzene rings is 1. The number of rotatable bonds is 6. The van der Waals surface area contributed by atoms with Gasteiger partial charge in [-0.2, -0.15) is 0 Å². The molecule has 0 radical (unpaired) electrons. The van der Waals surface area contributed by atoms with Crippen molar-refractivity contribution in [2.75, 3.05) is 13.2 Å². The molecule has 0 aliphatic rings. The zero-order valence-electron chi connectivity index (χ0n) is 11.1. The molecule has 0 saturated heterocycles. The van der Waals surface area contributed by atoms with Gasteiger partial charge in [0.1, 0.15) is 5.82 Å². The van der Waals surface area contributed by atoms with Crippen molar-refractivity contribution in [3.63, 3.8) is 0 Å². The lowest BCUT2D eigenvalue weighted by atomic mass is 10.2. The molecule has 0 saturated carbocycles. The number of aromatic nitrogens is 2. The minimum atomic E-state index is 0.562. The van der Waals surface area contributed by atoms with E-state index in [0.29, 0.717) is 6.54 Å². The van der Waals surface area contributed by atoms with E-state index in [1.165, 1.54) is 5.52 Å². The Kier molecular flexibility index (Phi) is 4.33. The zero-order valence-corrected chi connectivity index (χ0v) is 11.1. The summed E-state index contributed by atoms with van der Waals surface area (Å²) in [4.78, 5) is 4.67. The highest BCUT2D eigenvalue weighted by atomic mass is 16.5. The minimum absolute atomic E-state index is 0.562. The van der Waals surface area contributed by atoms with Crippen molar-refractivity contribution >= 4 is 11.0 Å². The van der Waals surface area contributed by atoms with Crippen molar-refractivity contribution in [3.05, 3.63) is 29.6 Å². The number of hydrogen-bond donors (Lipinski definition) is 1. The van der Waals surface area contributed by atoms with E-state index in [2.05, 4.69) is 34.8 Å². The highest BCUT2D eigenvalue weighted by Gasteiger charge is 2.07. The van der Waals surface area contributed by atoms with Crippen LogP contribution in [0.25, 0.3) is 11.0 Å². The second kappa shape index (κ2) is 5.98. The van der Waals surface area contributed by atoms with Gasteiger partial charge in [0.2, 0.25) is 0 Å². The fourth-order valence-electron chi connectivity index (χ4n) is 2.12. The minimum Gasteiger partial charge on any atom is -0.382 e. The van der Waals surface area contributed by atoms with Gasteiger partial charge in [0, 0.05) is 33.2 Å². The predicted molar refractivity (Wildman–Crippen MR) is 73.4 cm³/mol. The molecule has 0 amide bonds. The SMILES string of the molecule is CCOCCCc1nc2cc(CN)ccc2n1C. The molecule has 0 fully saturated rings. The molecule has 0 spiro atoms. The Balaban J connectivity index is 2.16. The molecule has 0 aliphatic carbocycles. The quantitative estimate of drug-likeness (QED) is 0.794. The lowest BCUT2D eigenvalue weighted by Crippen LogP contribution is -2.01. The molecule has 0 aliphatic heterocycles. The summed E-state index contributed by atoms with van der Waals surface area (Å²) in [5.41, 5.74) is 8.97. The lowest BCUT2D eigenvalue weighted by molar-refractivity contribution is 0.144. The molecule has 98 valence electrons. The highest BCUT2D eigenvalue weighted by Crippen LogP contribution is 2.17. The van der Waals surface area contributed by atoms with E-state index in [0.717, 1.165) is 43.0 Å². The van der Waals surface area contributed by atoms with Crippen LogP contribution in [0.15, 0.2) is 18.2 Å². The summed E-state index contributed by atoms with van der Waals surface area (Å²) in [6, 6.07) is 6.23. The number of nitrogens with zero attached hydrogens (tertiary/aromatic N) is 2. The van der Waals surface area contributed by atoms with E-state index < -0.39 is 0 Å². The molecule has 2 rings (SSSR count). The zero-order chi connectivity index (χ0) is 13.0. The first kappa shape index (κ1) is 13.1. The summed E-state index contributed by atoms with van der Waals surface area (Å²) in [6.45, 7) is 4.16. The maximum atomic E-state index is 5.65. The van der Waals surface area contributed by atoms with Crippen LogP contribution in [-0.2, 0) is 24.8 Å². The summed E-state index contributed by atoms with van der Waals surface area (Å²) in [7, 11) is 2.06.